The molecule has 2 heterocycles. The van der Waals surface area contributed by atoms with E-state index in [0.717, 1.165) is 16.3 Å². The molecule has 5 nitrogen and oxygen atoms in total. The molecule has 0 aliphatic carbocycles. The zero-order valence-electron chi connectivity index (χ0n) is 15.1. The van der Waals surface area contributed by atoms with Gasteiger partial charge >= 0.3 is 7.60 Å². The molecule has 0 spiro atoms. The minimum atomic E-state index is -3.49. The van der Waals surface area contributed by atoms with Crippen LogP contribution in [0.25, 0.3) is 0 Å². The van der Waals surface area contributed by atoms with Gasteiger partial charge in [-0.25, -0.2) is 0 Å². The predicted molar refractivity (Wildman–Crippen MR) is 110 cm³/mol. The minimum absolute atomic E-state index is 0.145. The highest BCUT2D eigenvalue weighted by molar-refractivity contribution is 8.09. The highest BCUT2D eigenvalue weighted by atomic mass is 32.2. The summed E-state index contributed by atoms with van der Waals surface area (Å²) in [6.07, 6.45) is 0. The Balaban J connectivity index is 1.89. The summed E-state index contributed by atoms with van der Waals surface area (Å²) in [6, 6.07) is 16.3. The lowest BCUT2D eigenvalue weighted by molar-refractivity contribution is 0.259. The molecule has 0 bridgehead atoms. The zero-order chi connectivity index (χ0) is 18.5. The zero-order valence-corrected chi connectivity index (χ0v) is 17.6. The number of hydrogen-bond donors (Lipinski definition) is 0. The van der Waals surface area contributed by atoms with Gasteiger partial charge in [-0.1, -0.05) is 47.8 Å². The van der Waals surface area contributed by atoms with Crippen molar-refractivity contribution in [3.8, 4) is 0 Å². The maximum Gasteiger partial charge on any atom is 0.369 e. The second-order valence-electron chi connectivity index (χ2n) is 6.20. The molecule has 2 aliphatic heterocycles. The number of thioether (sulfide) groups is 2. The lowest BCUT2D eigenvalue weighted by Gasteiger charge is -2.45. The molecule has 2 aromatic rings. The fourth-order valence-electron chi connectivity index (χ4n) is 3.65. The lowest BCUT2D eigenvalue weighted by Crippen LogP contribution is -2.54. The molecule has 0 saturated heterocycles. The van der Waals surface area contributed by atoms with E-state index in [-0.39, 0.29) is 5.37 Å². The van der Waals surface area contributed by atoms with E-state index in [1.54, 1.807) is 23.5 Å². The molecule has 0 N–H and O–H groups in total. The van der Waals surface area contributed by atoms with Crippen molar-refractivity contribution in [3.05, 3.63) is 48.5 Å². The van der Waals surface area contributed by atoms with Crippen LogP contribution in [0.5, 0.6) is 0 Å². The average molecular weight is 408 g/mol. The van der Waals surface area contributed by atoms with Crippen molar-refractivity contribution in [2.75, 3.05) is 38.1 Å². The van der Waals surface area contributed by atoms with Gasteiger partial charge < -0.3 is 18.8 Å². The second kappa shape index (κ2) is 6.50. The molecule has 26 heavy (non-hydrogen) atoms. The maximum absolute atomic E-state index is 13.9. The summed E-state index contributed by atoms with van der Waals surface area (Å²) < 4.78 is 24.1. The molecule has 2 aliphatic rings. The minimum Gasteiger partial charge on any atom is -0.358 e. The molecule has 138 valence electrons. The fourth-order valence-corrected chi connectivity index (χ4v) is 9.86. The Morgan fingerprint density at radius 1 is 0.962 bits per heavy atom. The third-order valence-corrected chi connectivity index (χ3v) is 11.4. The van der Waals surface area contributed by atoms with Crippen molar-refractivity contribution < 1.29 is 13.6 Å². The monoisotopic (exact) mass is 408 g/mol. The van der Waals surface area contributed by atoms with Crippen LogP contribution >= 0.6 is 31.1 Å². The Labute approximate surface area is 162 Å². The average Bonchev–Trinajstić information content (AvgIpc) is 3.17. The molecule has 0 amide bonds. The molecular formula is C18H21N2O3PS2. The van der Waals surface area contributed by atoms with E-state index in [1.807, 2.05) is 44.4 Å². The van der Waals surface area contributed by atoms with Gasteiger partial charge in [-0.05, 0) is 24.3 Å². The number of hydrogen-bond acceptors (Lipinski definition) is 7. The van der Waals surface area contributed by atoms with E-state index < -0.39 is 12.2 Å². The van der Waals surface area contributed by atoms with Gasteiger partial charge in [-0.15, -0.1) is 0 Å². The molecule has 0 aromatic heterocycles. The number of likely N-dealkylation sites (N-methyl/N-ethyl adjacent to an activating group) is 2. The van der Waals surface area contributed by atoms with Gasteiger partial charge in [0.1, 0.15) is 5.37 Å². The first-order valence-electron chi connectivity index (χ1n) is 8.20. The van der Waals surface area contributed by atoms with Crippen LogP contribution < -0.4 is 9.80 Å². The van der Waals surface area contributed by atoms with Crippen LogP contribution in [0, 0.1) is 0 Å². The number of nitrogens with zero attached hydrogens (tertiary/aromatic N) is 2. The Morgan fingerprint density at radius 2 is 1.54 bits per heavy atom. The van der Waals surface area contributed by atoms with E-state index in [4.69, 9.17) is 9.05 Å². The van der Waals surface area contributed by atoms with Gasteiger partial charge in [0, 0.05) is 38.1 Å². The lowest BCUT2D eigenvalue weighted by atomic mass is 10.3. The first kappa shape index (κ1) is 18.3. The Bertz CT molecular complexity index is 888. The van der Waals surface area contributed by atoms with Gasteiger partial charge in [-0.3, -0.25) is 4.57 Å². The second-order valence-corrected chi connectivity index (χ2v) is 11.3. The highest BCUT2D eigenvalue weighted by Crippen LogP contribution is 2.75. The summed E-state index contributed by atoms with van der Waals surface area (Å²) in [5, 5.41) is -0.145. The number of fused-ring (bicyclic) bond motifs is 2. The van der Waals surface area contributed by atoms with Crippen LogP contribution in [0.2, 0.25) is 0 Å². The first-order chi connectivity index (χ1) is 12.5. The Kier molecular flexibility index (Phi) is 4.56. The SMILES string of the molecule is COP(=O)(OC)C1(C2Sc3ccccc3N2C)Sc2ccccc2N1C. The normalized spacial score (nSPS) is 24.7. The van der Waals surface area contributed by atoms with Crippen molar-refractivity contribution in [3.63, 3.8) is 0 Å². The molecular weight excluding hydrogens is 387 g/mol. The van der Waals surface area contributed by atoms with Crippen LogP contribution in [0.3, 0.4) is 0 Å². The van der Waals surface area contributed by atoms with E-state index in [9.17, 15) is 4.57 Å². The summed E-state index contributed by atoms with van der Waals surface area (Å²) in [5.74, 6) is 0. The van der Waals surface area contributed by atoms with Gasteiger partial charge in [0.15, 0.2) is 0 Å². The molecule has 0 radical (unpaired) electrons. The molecule has 2 unspecified atom stereocenters. The third kappa shape index (κ3) is 2.31. The molecule has 2 atom stereocenters. The summed E-state index contributed by atoms with van der Waals surface area (Å²) >= 11 is 3.27. The van der Waals surface area contributed by atoms with Crippen molar-refractivity contribution in [1.29, 1.82) is 0 Å². The van der Waals surface area contributed by atoms with Crippen molar-refractivity contribution >= 4 is 42.5 Å². The van der Waals surface area contributed by atoms with Gasteiger partial charge in [0.2, 0.25) is 4.61 Å². The molecule has 4 rings (SSSR count). The van der Waals surface area contributed by atoms with Gasteiger partial charge in [-0.2, -0.15) is 0 Å². The Hall–Kier alpha value is -1.11. The third-order valence-electron chi connectivity index (χ3n) is 5.00. The van der Waals surface area contributed by atoms with Crippen molar-refractivity contribution in [2.45, 2.75) is 19.8 Å². The topological polar surface area (TPSA) is 42.0 Å². The predicted octanol–water partition coefficient (Wildman–Crippen LogP) is 4.94. The van der Waals surface area contributed by atoms with Crippen LogP contribution in [0.4, 0.5) is 11.4 Å². The van der Waals surface area contributed by atoms with E-state index in [0.29, 0.717) is 0 Å². The maximum atomic E-state index is 13.9. The number of anilines is 2. The van der Waals surface area contributed by atoms with Gasteiger partial charge in [0.05, 0.1) is 11.4 Å². The number of rotatable bonds is 4. The summed E-state index contributed by atoms with van der Waals surface area (Å²) in [6.45, 7) is 0. The number of para-hydroxylation sites is 2. The van der Waals surface area contributed by atoms with Crippen LogP contribution in [0.1, 0.15) is 0 Å². The van der Waals surface area contributed by atoms with E-state index in [1.165, 1.54) is 19.1 Å². The van der Waals surface area contributed by atoms with Crippen LogP contribution in [0.15, 0.2) is 58.3 Å². The summed E-state index contributed by atoms with van der Waals surface area (Å²) in [5.41, 5.74) is 2.17. The quantitative estimate of drug-likeness (QED) is 0.664. The Morgan fingerprint density at radius 3 is 2.12 bits per heavy atom. The van der Waals surface area contributed by atoms with E-state index in [2.05, 4.69) is 28.0 Å². The molecule has 8 heteroatoms. The first-order valence-corrected chi connectivity index (χ1v) is 11.4. The van der Waals surface area contributed by atoms with Crippen molar-refractivity contribution in [1.82, 2.24) is 0 Å². The van der Waals surface area contributed by atoms with Crippen LogP contribution in [-0.2, 0) is 13.6 Å². The van der Waals surface area contributed by atoms with Gasteiger partial charge in [0.25, 0.3) is 0 Å². The molecule has 2 aromatic carbocycles. The standard InChI is InChI=1S/C18H21N2O3PS2/c1-19-13-9-5-7-11-15(13)25-17(19)18(24(21,22-3)23-4)20(2)14-10-6-8-12-16(14)26-18/h5-12,17H,1-4H3. The highest BCUT2D eigenvalue weighted by Gasteiger charge is 2.65. The molecule has 0 saturated carbocycles. The summed E-state index contributed by atoms with van der Waals surface area (Å²) in [7, 11) is 3.46. The van der Waals surface area contributed by atoms with Crippen molar-refractivity contribution in [2.24, 2.45) is 0 Å². The summed E-state index contributed by atoms with van der Waals surface area (Å²) in [4.78, 5) is 6.50. The largest absolute Gasteiger partial charge is 0.369 e. The molecule has 0 fully saturated rings. The van der Waals surface area contributed by atoms with Crippen LogP contribution in [-0.4, -0.2) is 38.3 Å². The van der Waals surface area contributed by atoms with E-state index >= 15 is 0 Å². The fraction of sp³-hybridized carbons (Fsp3) is 0.333. The smallest absolute Gasteiger partial charge is 0.358 e. The number of benzene rings is 2.